The Kier molecular flexibility index (Phi) is 4.59. The van der Waals surface area contributed by atoms with Crippen molar-refractivity contribution in [1.82, 2.24) is 14.6 Å². The molecule has 0 radical (unpaired) electrons. The van der Waals surface area contributed by atoms with Gasteiger partial charge in [-0.05, 0) is 56.7 Å². The number of halogens is 1. The summed E-state index contributed by atoms with van der Waals surface area (Å²) < 4.78 is 15.2. The predicted octanol–water partition coefficient (Wildman–Crippen LogP) is 3.52. The average Bonchev–Trinajstić information content (AvgIpc) is 2.98. The van der Waals surface area contributed by atoms with Crippen LogP contribution in [0, 0.1) is 12.7 Å². The number of aromatic nitrogens is 3. The Bertz CT molecular complexity index is 933. The van der Waals surface area contributed by atoms with Gasteiger partial charge in [-0.15, -0.1) is 0 Å². The van der Waals surface area contributed by atoms with Crippen molar-refractivity contribution in [2.24, 2.45) is 0 Å². The van der Waals surface area contributed by atoms with E-state index in [4.69, 9.17) is 15.2 Å². The van der Waals surface area contributed by atoms with Gasteiger partial charge in [-0.3, -0.25) is 0 Å². The van der Waals surface area contributed by atoms with Gasteiger partial charge in [-0.1, -0.05) is 12.1 Å². The van der Waals surface area contributed by atoms with Crippen molar-refractivity contribution in [2.45, 2.75) is 39.0 Å². The molecular weight excluding hydrogens is 331 g/mol. The summed E-state index contributed by atoms with van der Waals surface area (Å²) >= 11 is 0. The minimum Gasteiger partial charge on any atom is -0.396 e. The molecule has 0 fully saturated rings. The van der Waals surface area contributed by atoms with Gasteiger partial charge in [-0.25, -0.2) is 9.37 Å². The SMILES string of the molecule is Cc1nn2c(NCCCO)c3c(nc2c1-c1ccc(F)cc1)CCCC3. The van der Waals surface area contributed by atoms with Crippen LogP contribution in [0.15, 0.2) is 24.3 Å². The van der Waals surface area contributed by atoms with E-state index in [-0.39, 0.29) is 12.4 Å². The Morgan fingerprint density at radius 3 is 2.73 bits per heavy atom. The number of rotatable bonds is 5. The highest BCUT2D eigenvalue weighted by molar-refractivity contribution is 5.81. The molecule has 4 rings (SSSR count). The summed E-state index contributed by atoms with van der Waals surface area (Å²) in [6.07, 6.45) is 4.94. The summed E-state index contributed by atoms with van der Waals surface area (Å²) in [4.78, 5) is 4.94. The van der Waals surface area contributed by atoms with Crippen LogP contribution in [0.25, 0.3) is 16.8 Å². The molecule has 0 unspecified atom stereocenters. The number of aliphatic hydroxyl groups is 1. The smallest absolute Gasteiger partial charge is 0.165 e. The molecule has 0 saturated heterocycles. The van der Waals surface area contributed by atoms with Crippen LogP contribution >= 0.6 is 0 Å². The summed E-state index contributed by atoms with van der Waals surface area (Å²) in [6.45, 7) is 2.80. The van der Waals surface area contributed by atoms with Crippen LogP contribution in [0.3, 0.4) is 0 Å². The van der Waals surface area contributed by atoms with E-state index in [1.807, 2.05) is 11.4 Å². The molecule has 0 amide bonds. The molecule has 0 bridgehead atoms. The molecule has 2 N–H and O–H groups in total. The number of aryl methyl sites for hydroxylation is 2. The topological polar surface area (TPSA) is 62.5 Å². The third-order valence-electron chi connectivity index (χ3n) is 4.97. The van der Waals surface area contributed by atoms with Gasteiger partial charge in [0.25, 0.3) is 0 Å². The number of hydrogen-bond donors (Lipinski definition) is 2. The highest BCUT2D eigenvalue weighted by Gasteiger charge is 2.22. The highest BCUT2D eigenvalue weighted by Crippen LogP contribution is 2.33. The number of nitrogens with one attached hydrogen (secondary N) is 1. The molecule has 136 valence electrons. The van der Waals surface area contributed by atoms with Crippen LogP contribution in [0.1, 0.15) is 36.2 Å². The monoisotopic (exact) mass is 354 g/mol. The Balaban J connectivity index is 1.91. The van der Waals surface area contributed by atoms with Crippen molar-refractivity contribution in [3.63, 3.8) is 0 Å². The second-order valence-corrected chi connectivity index (χ2v) is 6.80. The quantitative estimate of drug-likeness (QED) is 0.688. The Hall–Kier alpha value is -2.47. The molecule has 0 spiro atoms. The fourth-order valence-corrected chi connectivity index (χ4v) is 3.72. The molecule has 3 aromatic rings. The first kappa shape index (κ1) is 17.0. The van der Waals surface area contributed by atoms with Gasteiger partial charge in [-0.2, -0.15) is 9.61 Å². The Morgan fingerprint density at radius 2 is 1.96 bits per heavy atom. The lowest BCUT2D eigenvalue weighted by Crippen LogP contribution is -2.16. The Labute approximate surface area is 151 Å². The molecule has 26 heavy (non-hydrogen) atoms. The standard InChI is InChI=1S/C20H23FN4O/c1-13-18(14-7-9-15(21)10-8-14)20-23-17-6-3-2-5-16(17)19(25(20)24-13)22-11-4-12-26/h7-10,22,26H,2-6,11-12H2,1H3. The van der Waals surface area contributed by atoms with E-state index in [0.29, 0.717) is 13.0 Å². The predicted molar refractivity (Wildman–Crippen MR) is 100.0 cm³/mol. The number of benzene rings is 1. The lowest BCUT2D eigenvalue weighted by atomic mass is 9.96. The van der Waals surface area contributed by atoms with Crippen molar-refractivity contribution in [1.29, 1.82) is 0 Å². The normalized spacial score (nSPS) is 13.8. The summed E-state index contributed by atoms with van der Waals surface area (Å²) in [7, 11) is 0. The second-order valence-electron chi connectivity index (χ2n) is 6.80. The summed E-state index contributed by atoms with van der Waals surface area (Å²) in [5.41, 5.74) is 5.90. The van der Waals surface area contributed by atoms with Crippen molar-refractivity contribution >= 4 is 11.5 Å². The summed E-state index contributed by atoms with van der Waals surface area (Å²) in [5.74, 6) is 0.731. The fourth-order valence-electron chi connectivity index (χ4n) is 3.72. The fraction of sp³-hybridized carbons (Fsp3) is 0.400. The first-order chi connectivity index (χ1) is 12.7. The van der Waals surface area contributed by atoms with Crippen LogP contribution < -0.4 is 5.32 Å². The average molecular weight is 354 g/mol. The van der Waals surface area contributed by atoms with E-state index < -0.39 is 0 Å². The number of nitrogens with zero attached hydrogens (tertiary/aromatic N) is 3. The van der Waals surface area contributed by atoms with E-state index >= 15 is 0 Å². The van der Waals surface area contributed by atoms with Crippen molar-refractivity contribution in [3.8, 4) is 11.1 Å². The first-order valence-electron chi connectivity index (χ1n) is 9.21. The Morgan fingerprint density at radius 1 is 1.19 bits per heavy atom. The third-order valence-corrected chi connectivity index (χ3v) is 4.97. The molecule has 2 aromatic heterocycles. The lowest BCUT2D eigenvalue weighted by Gasteiger charge is -2.20. The molecular formula is C20H23FN4O. The van der Waals surface area contributed by atoms with Gasteiger partial charge >= 0.3 is 0 Å². The second kappa shape index (κ2) is 7.03. The number of aliphatic hydroxyl groups excluding tert-OH is 1. The number of hydrogen-bond acceptors (Lipinski definition) is 4. The van der Waals surface area contributed by atoms with E-state index in [2.05, 4.69) is 5.32 Å². The summed E-state index contributed by atoms with van der Waals surface area (Å²) in [5, 5.41) is 17.3. The summed E-state index contributed by atoms with van der Waals surface area (Å²) in [6, 6.07) is 6.49. The molecule has 2 heterocycles. The van der Waals surface area contributed by atoms with Crippen LogP contribution in [0.4, 0.5) is 10.2 Å². The highest BCUT2D eigenvalue weighted by atomic mass is 19.1. The van der Waals surface area contributed by atoms with Gasteiger partial charge in [0.15, 0.2) is 5.65 Å². The lowest BCUT2D eigenvalue weighted by molar-refractivity contribution is 0.292. The maximum atomic E-state index is 13.3. The molecule has 0 saturated carbocycles. The van der Waals surface area contributed by atoms with E-state index in [0.717, 1.165) is 59.7 Å². The minimum absolute atomic E-state index is 0.155. The molecule has 1 aliphatic carbocycles. The van der Waals surface area contributed by atoms with Crippen LogP contribution in [0.5, 0.6) is 0 Å². The molecule has 0 aliphatic heterocycles. The van der Waals surface area contributed by atoms with Gasteiger partial charge in [0.2, 0.25) is 0 Å². The minimum atomic E-state index is -0.250. The van der Waals surface area contributed by atoms with E-state index in [1.165, 1.54) is 17.7 Å². The zero-order valence-corrected chi connectivity index (χ0v) is 14.9. The van der Waals surface area contributed by atoms with Gasteiger partial charge in [0, 0.05) is 30.0 Å². The van der Waals surface area contributed by atoms with E-state index in [1.54, 1.807) is 12.1 Å². The van der Waals surface area contributed by atoms with Gasteiger partial charge < -0.3 is 10.4 Å². The van der Waals surface area contributed by atoms with E-state index in [9.17, 15) is 4.39 Å². The molecule has 0 atom stereocenters. The third kappa shape index (κ3) is 2.94. The molecule has 6 heteroatoms. The van der Waals surface area contributed by atoms with Crippen molar-refractivity contribution in [3.05, 3.63) is 47.0 Å². The zero-order chi connectivity index (χ0) is 18.1. The molecule has 1 aromatic carbocycles. The maximum absolute atomic E-state index is 13.3. The molecule has 5 nitrogen and oxygen atoms in total. The van der Waals surface area contributed by atoms with Crippen LogP contribution in [-0.4, -0.2) is 32.9 Å². The van der Waals surface area contributed by atoms with Crippen LogP contribution in [-0.2, 0) is 12.8 Å². The zero-order valence-electron chi connectivity index (χ0n) is 14.9. The first-order valence-corrected chi connectivity index (χ1v) is 9.21. The number of fused-ring (bicyclic) bond motifs is 2. The van der Waals surface area contributed by atoms with Crippen molar-refractivity contribution < 1.29 is 9.50 Å². The van der Waals surface area contributed by atoms with Gasteiger partial charge in [0.1, 0.15) is 11.6 Å². The number of anilines is 1. The largest absolute Gasteiger partial charge is 0.396 e. The molecule has 1 aliphatic rings. The van der Waals surface area contributed by atoms with Crippen LogP contribution in [0.2, 0.25) is 0 Å². The maximum Gasteiger partial charge on any atom is 0.165 e. The van der Waals surface area contributed by atoms with Gasteiger partial charge in [0.05, 0.1) is 5.69 Å². The van der Waals surface area contributed by atoms with Crippen molar-refractivity contribution in [2.75, 3.05) is 18.5 Å².